The molecule has 0 aromatic rings. The van der Waals surface area contributed by atoms with Crippen LogP contribution in [0.1, 0.15) is 25.7 Å². The highest BCUT2D eigenvalue weighted by Crippen LogP contribution is 2.25. The second-order valence-electron chi connectivity index (χ2n) is 5.92. The van der Waals surface area contributed by atoms with Crippen molar-refractivity contribution < 1.29 is 4.79 Å². The van der Waals surface area contributed by atoms with Gasteiger partial charge in [-0.15, -0.1) is 12.4 Å². The average molecular weight is 274 g/mol. The summed E-state index contributed by atoms with van der Waals surface area (Å²) in [6.07, 6.45) is 4.93. The highest BCUT2D eigenvalue weighted by Gasteiger charge is 2.36. The van der Waals surface area contributed by atoms with Crippen molar-refractivity contribution in [1.82, 2.24) is 15.5 Å². The van der Waals surface area contributed by atoms with E-state index in [1.165, 1.54) is 25.7 Å². The number of likely N-dealkylation sites (tertiary alicyclic amines) is 1. The van der Waals surface area contributed by atoms with Gasteiger partial charge >= 0.3 is 0 Å². The van der Waals surface area contributed by atoms with Crippen LogP contribution in [0, 0.1) is 11.8 Å². The van der Waals surface area contributed by atoms with Gasteiger partial charge in [0.1, 0.15) is 0 Å². The van der Waals surface area contributed by atoms with Crippen LogP contribution < -0.4 is 10.6 Å². The Kier molecular flexibility index (Phi) is 4.87. The van der Waals surface area contributed by atoms with Crippen molar-refractivity contribution in [3.8, 4) is 0 Å². The summed E-state index contributed by atoms with van der Waals surface area (Å²) >= 11 is 0. The third-order valence-electron chi connectivity index (χ3n) is 4.55. The second kappa shape index (κ2) is 6.22. The van der Waals surface area contributed by atoms with Gasteiger partial charge in [0.15, 0.2) is 0 Å². The zero-order valence-corrected chi connectivity index (χ0v) is 11.7. The topological polar surface area (TPSA) is 44.4 Å². The number of hydrogen-bond donors (Lipinski definition) is 2. The SMILES string of the molecule is Cl.O=C(CN1C[C@H]2CNC[C@H]2C1)NC1CCCC1. The monoisotopic (exact) mass is 273 g/mol. The minimum Gasteiger partial charge on any atom is -0.352 e. The molecular weight excluding hydrogens is 250 g/mol. The molecule has 0 bridgehead atoms. The van der Waals surface area contributed by atoms with Crippen molar-refractivity contribution in [1.29, 1.82) is 0 Å². The summed E-state index contributed by atoms with van der Waals surface area (Å²) in [5, 5.41) is 6.60. The minimum atomic E-state index is 0. The van der Waals surface area contributed by atoms with E-state index in [0.717, 1.165) is 38.0 Å². The maximum atomic E-state index is 11.9. The van der Waals surface area contributed by atoms with E-state index in [2.05, 4.69) is 15.5 Å². The summed E-state index contributed by atoms with van der Waals surface area (Å²) in [7, 11) is 0. The second-order valence-corrected chi connectivity index (χ2v) is 5.92. The molecule has 0 aromatic carbocycles. The molecule has 5 heteroatoms. The van der Waals surface area contributed by atoms with Gasteiger partial charge < -0.3 is 10.6 Å². The molecule has 104 valence electrons. The maximum Gasteiger partial charge on any atom is 0.234 e. The quantitative estimate of drug-likeness (QED) is 0.792. The van der Waals surface area contributed by atoms with Crippen LogP contribution in [0.25, 0.3) is 0 Å². The Morgan fingerprint density at radius 2 is 1.78 bits per heavy atom. The summed E-state index contributed by atoms with van der Waals surface area (Å²) in [5.74, 6) is 1.81. The first-order valence-electron chi connectivity index (χ1n) is 7.03. The number of nitrogens with zero attached hydrogens (tertiary/aromatic N) is 1. The normalized spacial score (nSPS) is 32.2. The minimum absolute atomic E-state index is 0. The van der Waals surface area contributed by atoms with Crippen LogP contribution in [-0.4, -0.2) is 49.6 Å². The van der Waals surface area contributed by atoms with Gasteiger partial charge in [0.05, 0.1) is 6.54 Å². The van der Waals surface area contributed by atoms with E-state index in [4.69, 9.17) is 0 Å². The molecule has 3 fully saturated rings. The van der Waals surface area contributed by atoms with E-state index in [1.807, 2.05) is 0 Å². The molecule has 0 radical (unpaired) electrons. The standard InChI is InChI=1S/C13H23N3O.ClH/c17-13(15-12-3-1-2-4-12)9-16-7-10-5-14-6-11(10)8-16;/h10-12,14H,1-9H2,(H,15,17);1H/t10-,11+;. The van der Waals surface area contributed by atoms with Crippen LogP contribution in [0.5, 0.6) is 0 Å². The molecule has 1 amide bonds. The smallest absolute Gasteiger partial charge is 0.234 e. The highest BCUT2D eigenvalue weighted by molar-refractivity contribution is 5.85. The Morgan fingerprint density at radius 3 is 2.39 bits per heavy atom. The number of amides is 1. The Morgan fingerprint density at radius 1 is 1.17 bits per heavy atom. The van der Waals surface area contributed by atoms with Crippen LogP contribution in [-0.2, 0) is 4.79 Å². The fourth-order valence-corrected chi connectivity index (χ4v) is 3.63. The van der Waals surface area contributed by atoms with E-state index in [0.29, 0.717) is 12.6 Å². The summed E-state index contributed by atoms with van der Waals surface area (Å²) in [6, 6.07) is 0.464. The molecule has 0 unspecified atom stereocenters. The number of halogens is 1. The highest BCUT2D eigenvalue weighted by atomic mass is 35.5. The van der Waals surface area contributed by atoms with Crippen molar-refractivity contribution in [2.75, 3.05) is 32.7 Å². The zero-order valence-electron chi connectivity index (χ0n) is 10.9. The predicted molar refractivity (Wildman–Crippen MR) is 73.9 cm³/mol. The van der Waals surface area contributed by atoms with Gasteiger partial charge in [0.2, 0.25) is 5.91 Å². The van der Waals surface area contributed by atoms with Gasteiger partial charge in [-0.05, 0) is 37.8 Å². The Hall–Kier alpha value is -0.320. The van der Waals surface area contributed by atoms with Gasteiger partial charge in [0.25, 0.3) is 0 Å². The maximum absolute atomic E-state index is 11.9. The lowest BCUT2D eigenvalue weighted by molar-refractivity contribution is -0.122. The average Bonchev–Trinajstić information content (AvgIpc) is 2.92. The van der Waals surface area contributed by atoms with Crippen LogP contribution >= 0.6 is 12.4 Å². The first-order valence-corrected chi connectivity index (χ1v) is 7.03. The summed E-state index contributed by atoms with van der Waals surface area (Å²) in [5.41, 5.74) is 0. The Bertz CT molecular complexity index is 282. The molecule has 3 aliphatic rings. The van der Waals surface area contributed by atoms with Crippen LogP contribution in [0.2, 0.25) is 0 Å². The molecule has 2 aliphatic heterocycles. The molecule has 2 heterocycles. The largest absolute Gasteiger partial charge is 0.352 e. The molecule has 4 nitrogen and oxygen atoms in total. The number of carbonyl (C=O) groups is 1. The molecular formula is C13H24ClN3O. The number of rotatable bonds is 3. The van der Waals surface area contributed by atoms with Gasteiger partial charge in [-0.1, -0.05) is 12.8 Å². The zero-order chi connectivity index (χ0) is 11.7. The van der Waals surface area contributed by atoms with Crippen LogP contribution in [0.4, 0.5) is 0 Å². The first-order chi connectivity index (χ1) is 8.31. The van der Waals surface area contributed by atoms with Crippen molar-refractivity contribution in [3.05, 3.63) is 0 Å². The third kappa shape index (κ3) is 3.16. The molecule has 2 N–H and O–H groups in total. The van der Waals surface area contributed by atoms with Crippen LogP contribution in [0.15, 0.2) is 0 Å². The van der Waals surface area contributed by atoms with E-state index < -0.39 is 0 Å². The van der Waals surface area contributed by atoms with Crippen molar-refractivity contribution >= 4 is 18.3 Å². The molecule has 0 aromatic heterocycles. The van der Waals surface area contributed by atoms with Crippen molar-refractivity contribution in [3.63, 3.8) is 0 Å². The van der Waals surface area contributed by atoms with E-state index in [-0.39, 0.29) is 18.3 Å². The summed E-state index contributed by atoms with van der Waals surface area (Å²) in [6.45, 7) is 5.12. The lowest BCUT2D eigenvalue weighted by Crippen LogP contribution is -2.41. The fraction of sp³-hybridized carbons (Fsp3) is 0.923. The van der Waals surface area contributed by atoms with Crippen LogP contribution in [0.3, 0.4) is 0 Å². The lowest BCUT2D eigenvalue weighted by Gasteiger charge is -2.18. The molecule has 2 saturated heterocycles. The van der Waals surface area contributed by atoms with Gasteiger partial charge in [-0.25, -0.2) is 0 Å². The lowest BCUT2D eigenvalue weighted by atomic mass is 10.0. The van der Waals surface area contributed by atoms with Gasteiger partial charge in [-0.3, -0.25) is 9.69 Å². The molecule has 1 aliphatic carbocycles. The number of hydrogen-bond acceptors (Lipinski definition) is 3. The van der Waals surface area contributed by atoms with Crippen molar-refractivity contribution in [2.45, 2.75) is 31.7 Å². The predicted octanol–water partition coefficient (Wildman–Crippen LogP) is 0.618. The van der Waals surface area contributed by atoms with Gasteiger partial charge in [-0.2, -0.15) is 0 Å². The van der Waals surface area contributed by atoms with E-state index in [9.17, 15) is 4.79 Å². The summed E-state index contributed by atoms with van der Waals surface area (Å²) in [4.78, 5) is 14.2. The number of carbonyl (C=O) groups excluding carboxylic acids is 1. The Balaban J connectivity index is 0.00000120. The fourth-order valence-electron chi connectivity index (χ4n) is 3.63. The summed E-state index contributed by atoms with van der Waals surface area (Å²) < 4.78 is 0. The van der Waals surface area contributed by atoms with Gasteiger partial charge in [0, 0.05) is 19.1 Å². The third-order valence-corrected chi connectivity index (χ3v) is 4.55. The molecule has 1 saturated carbocycles. The number of fused-ring (bicyclic) bond motifs is 1. The first kappa shape index (κ1) is 14.1. The number of nitrogens with one attached hydrogen (secondary N) is 2. The molecule has 2 atom stereocenters. The Labute approximate surface area is 115 Å². The molecule has 0 spiro atoms. The van der Waals surface area contributed by atoms with E-state index in [1.54, 1.807) is 0 Å². The van der Waals surface area contributed by atoms with E-state index >= 15 is 0 Å². The molecule has 3 rings (SSSR count). The van der Waals surface area contributed by atoms with Crippen molar-refractivity contribution in [2.24, 2.45) is 11.8 Å². The molecule has 18 heavy (non-hydrogen) atoms.